The van der Waals surface area contributed by atoms with Crippen molar-refractivity contribution in [1.29, 1.82) is 0 Å². The van der Waals surface area contributed by atoms with Crippen LogP contribution in [0.5, 0.6) is 0 Å². The molecule has 1 saturated carbocycles. The van der Waals surface area contributed by atoms with E-state index in [0.717, 1.165) is 29.3 Å². The highest BCUT2D eigenvalue weighted by Gasteiger charge is 2.50. The second-order valence-corrected chi connectivity index (χ2v) is 9.90. The number of carbonyl (C=O) groups excluding carboxylic acids is 1. The Kier molecular flexibility index (Phi) is 4.93. The largest absolute Gasteiger partial charge is 0.386 e. The van der Waals surface area contributed by atoms with Crippen LogP contribution in [0, 0.1) is 5.92 Å². The number of urea groups is 1. The standard InChI is InChI=1S/C22H27ClF2N4O2/c1-21(19(30)17-11-15(23)10-13-12-26-29(21)18(13)17)14-4-8-28(9-5-14)20(31)27-16-2-6-22(24,25)7-3-16/h10-12,14,16,19,30H,2-9H2,1H3,(H,27,31)/t19-,21?/m1/s1. The minimum Gasteiger partial charge on any atom is -0.386 e. The van der Waals surface area contributed by atoms with Crippen LogP contribution in [0.4, 0.5) is 13.6 Å². The van der Waals surface area contributed by atoms with Crippen molar-refractivity contribution in [2.45, 2.75) is 69.1 Å². The molecule has 1 saturated heterocycles. The van der Waals surface area contributed by atoms with Crippen molar-refractivity contribution in [3.8, 4) is 0 Å². The van der Waals surface area contributed by atoms with E-state index in [1.54, 1.807) is 11.1 Å². The summed E-state index contributed by atoms with van der Waals surface area (Å²) in [5, 5.41) is 20.2. The number of aliphatic hydroxyl groups excluding tert-OH is 1. The number of likely N-dealkylation sites (tertiary alicyclic amines) is 1. The third kappa shape index (κ3) is 3.39. The lowest BCUT2D eigenvalue weighted by Crippen LogP contribution is -2.52. The number of alkyl halides is 2. The fourth-order valence-corrected chi connectivity index (χ4v) is 5.92. The Morgan fingerprint density at radius 3 is 2.58 bits per heavy atom. The Hall–Kier alpha value is -1.93. The normalized spacial score (nSPS) is 28.9. The zero-order valence-corrected chi connectivity index (χ0v) is 18.2. The summed E-state index contributed by atoms with van der Waals surface area (Å²) in [6, 6.07) is 3.31. The number of benzene rings is 1. The Bertz CT molecular complexity index is 1010. The van der Waals surface area contributed by atoms with Crippen LogP contribution in [0.15, 0.2) is 18.3 Å². The lowest BCUT2D eigenvalue weighted by atomic mass is 9.75. The fraction of sp³-hybridized carbons (Fsp3) is 0.636. The van der Waals surface area contributed by atoms with Gasteiger partial charge in [-0.2, -0.15) is 5.10 Å². The molecule has 1 aromatic carbocycles. The zero-order valence-electron chi connectivity index (χ0n) is 17.5. The van der Waals surface area contributed by atoms with E-state index in [-0.39, 0.29) is 30.8 Å². The Morgan fingerprint density at radius 1 is 1.23 bits per heavy atom. The lowest BCUT2D eigenvalue weighted by molar-refractivity contribution is -0.0401. The summed E-state index contributed by atoms with van der Waals surface area (Å²) >= 11 is 6.24. The van der Waals surface area contributed by atoms with Gasteiger partial charge in [0.05, 0.1) is 17.3 Å². The Labute approximate surface area is 184 Å². The van der Waals surface area contributed by atoms with E-state index in [4.69, 9.17) is 11.6 Å². The van der Waals surface area contributed by atoms with Crippen LogP contribution in [0.2, 0.25) is 5.02 Å². The first-order valence-corrected chi connectivity index (χ1v) is 11.4. The average Bonchev–Trinajstić information content (AvgIpc) is 3.26. The maximum atomic E-state index is 13.3. The van der Waals surface area contributed by atoms with Crippen molar-refractivity contribution in [3.63, 3.8) is 0 Å². The van der Waals surface area contributed by atoms with Crippen LogP contribution in [0.25, 0.3) is 10.9 Å². The van der Waals surface area contributed by atoms with E-state index in [1.165, 1.54) is 0 Å². The summed E-state index contributed by atoms with van der Waals surface area (Å²) in [5.74, 6) is -2.47. The third-order valence-corrected chi connectivity index (χ3v) is 7.83. The summed E-state index contributed by atoms with van der Waals surface area (Å²) in [6.07, 6.45) is 2.82. The maximum absolute atomic E-state index is 13.3. The predicted octanol–water partition coefficient (Wildman–Crippen LogP) is 4.45. The van der Waals surface area contributed by atoms with Gasteiger partial charge >= 0.3 is 6.03 Å². The lowest BCUT2D eigenvalue weighted by Gasteiger charge is -2.43. The molecule has 1 unspecified atom stereocenters. The summed E-state index contributed by atoms with van der Waals surface area (Å²) in [7, 11) is 0. The molecule has 168 valence electrons. The predicted molar refractivity (Wildman–Crippen MR) is 113 cm³/mol. The van der Waals surface area contributed by atoms with Crippen molar-refractivity contribution in [1.82, 2.24) is 20.0 Å². The SMILES string of the molecule is CC1(C2CCN(C(=O)NC3CCC(F)(F)CC3)CC2)[C@H](O)c2cc(Cl)cc3cnn1c23. The van der Waals surface area contributed by atoms with Crippen molar-refractivity contribution < 1.29 is 18.7 Å². The molecule has 1 aromatic heterocycles. The number of piperidine rings is 1. The third-order valence-electron chi connectivity index (χ3n) is 7.62. The molecule has 0 spiro atoms. The molecule has 2 fully saturated rings. The molecule has 3 heterocycles. The molecule has 2 aliphatic heterocycles. The molecule has 3 aliphatic rings. The van der Waals surface area contributed by atoms with Crippen LogP contribution >= 0.6 is 11.6 Å². The Morgan fingerprint density at radius 2 is 1.90 bits per heavy atom. The van der Waals surface area contributed by atoms with E-state index in [1.807, 2.05) is 23.7 Å². The molecule has 0 radical (unpaired) electrons. The van der Waals surface area contributed by atoms with Gasteiger partial charge in [-0.15, -0.1) is 0 Å². The van der Waals surface area contributed by atoms with Gasteiger partial charge in [-0.3, -0.25) is 4.68 Å². The highest BCUT2D eigenvalue weighted by atomic mass is 35.5. The van der Waals surface area contributed by atoms with E-state index < -0.39 is 17.6 Å². The summed E-state index contributed by atoms with van der Waals surface area (Å²) < 4.78 is 28.6. The number of amides is 2. The van der Waals surface area contributed by atoms with Crippen molar-refractivity contribution >= 4 is 28.5 Å². The quantitative estimate of drug-likeness (QED) is 0.707. The number of hydrogen-bond donors (Lipinski definition) is 2. The molecule has 9 heteroatoms. The van der Waals surface area contributed by atoms with Crippen LogP contribution in [0.1, 0.15) is 57.1 Å². The van der Waals surface area contributed by atoms with Crippen LogP contribution in [-0.2, 0) is 5.54 Å². The van der Waals surface area contributed by atoms with Gasteiger partial charge in [0.2, 0.25) is 5.92 Å². The molecular weight excluding hydrogens is 426 g/mol. The number of nitrogens with zero attached hydrogens (tertiary/aromatic N) is 3. The van der Waals surface area contributed by atoms with Gasteiger partial charge in [-0.25, -0.2) is 13.6 Å². The first kappa shape index (κ1) is 20.9. The summed E-state index contributed by atoms with van der Waals surface area (Å²) in [4.78, 5) is 14.4. The molecule has 31 heavy (non-hydrogen) atoms. The second kappa shape index (κ2) is 7.30. The number of aromatic nitrogens is 2. The molecule has 2 amide bonds. The van der Waals surface area contributed by atoms with Gasteiger partial charge in [-0.1, -0.05) is 11.6 Å². The van der Waals surface area contributed by atoms with Gasteiger partial charge in [0.1, 0.15) is 6.10 Å². The first-order valence-electron chi connectivity index (χ1n) is 11.0. The van der Waals surface area contributed by atoms with Crippen LogP contribution < -0.4 is 5.32 Å². The smallest absolute Gasteiger partial charge is 0.317 e. The molecular formula is C22H27ClF2N4O2. The van der Waals surface area contributed by atoms with Gasteiger partial charge < -0.3 is 15.3 Å². The molecule has 2 N–H and O–H groups in total. The van der Waals surface area contributed by atoms with Crippen molar-refractivity contribution in [2.75, 3.05) is 13.1 Å². The van der Waals surface area contributed by atoms with Gasteiger partial charge in [0.15, 0.2) is 0 Å². The van der Waals surface area contributed by atoms with E-state index in [9.17, 15) is 18.7 Å². The highest BCUT2D eigenvalue weighted by molar-refractivity contribution is 6.31. The van der Waals surface area contributed by atoms with Gasteiger partial charge in [0, 0.05) is 47.9 Å². The van der Waals surface area contributed by atoms with E-state index in [2.05, 4.69) is 10.4 Å². The van der Waals surface area contributed by atoms with Crippen LogP contribution in [-0.4, -0.2) is 50.9 Å². The number of hydrogen-bond acceptors (Lipinski definition) is 3. The number of aliphatic hydroxyl groups is 1. The van der Waals surface area contributed by atoms with Crippen molar-refractivity contribution in [3.05, 3.63) is 28.9 Å². The molecule has 5 rings (SSSR count). The summed E-state index contributed by atoms with van der Waals surface area (Å²) in [6.45, 7) is 3.15. The van der Waals surface area contributed by atoms with Gasteiger partial charge in [0.25, 0.3) is 0 Å². The van der Waals surface area contributed by atoms with Gasteiger partial charge in [-0.05, 0) is 50.7 Å². The number of carbonyl (C=O) groups is 1. The number of rotatable bonds is 2. The minimum atomic E-state index is -2.60. The number of nitrogens with one attached hydrogen (secondary N) is 1. The molecule has 1 aliphatic carbocycles. The molecule has 2 atom stereocenters. The minimum absolute atomic E-state index is 0.134. The monoisotopic (exact) mass is 452 g/mol. The second-order valence-electron chi connectivity index (χ2n) is 9.46. The van der Waals surface area contributed by atoms with E-state index in [0.29, 0.717) is 31.0 Å². The van der Waals surface area contributed by atoms with Crippen LogP contribution in [0.3, 0.4) is 0 Å². The fourth-order valence-electron chi connectivity index (χ4n) is 5.68. The molecule has 2 aromatic rings. The molecule has 6 nitrogen and oxygen atoms in total. The molecule has 0 bridgehead atoms. The van der Waals surface area contributed by atoms with Crippen molar-refractivity contribution in [2.24, 2.45) is 5.92 Å². The topological polar surface area (TPSA) is 70.4 Å². The first-order chi connectivity index (χ1) is 14.7. The summed E-state index contributed by atoms with van der Waals surface area (Å²) in [5.41, 5.74) is 1.12. The number of halogens is 3. The van der Waals surface area contributed by atoms with E-state index >= 15 is 0 Å². The maximum Gasteiger partial charge on any atom is 0.317 e. The zero-order chi connectivity index (χ0) is 22.0. The average molecular weight is 453 g/mol. The highest BCUT2D eigenvalue weighted by Crippen LogP contribution is 2.51. The Balaban J connectivity index is 1.25.